The molecule has 0 aliphatic rings. The van der Waals surface area contributed by atoms with Crippen LogP contribution in [-0.4, -0.2) is 32.2 Å². The van der Waals surface area contributed by atoms with E-state index in [-0.39, 0.29) is 5.91 Å². The van der Waals surface area contributed by atoms with E-state index in [0.29, 0.717) is 27.8 Å². The van der Waals surface area contributed by atoms with Crippen LogP contribution >= 0.6 is 11.6 Å². The molecule has 6 nitrogen and oxygen atoms in total. The highest BCUT2D eigenvalue weighted by atomic mass is 35.5. The van der Waals surface area contributed by atoms with Gasteiger partial charge in [-0.2, -0.15) is 0 Å². The summed E-state index contributed by atoms with van der Waals surface area (Å²) in [6.07, 6.45) is -0.784. The van der Waals surface area contributed by atoms with Crippen molar-refractivity contribution < 1.29 is 23.8 Å². The summed E-state index contributed by atoms with van der Waals surface area (Å²) < 4.78 is 15.5. The predicted octanol–water partition coefficient (Wildman–Crippen LogP) is 3.54. The topological polar surface area (TPSA) is 73.9 Å². The van der Waals surface area contributed by atoms with Crippen LogP contribution in [0.3, 0.4) is 0 Å². The van der Waals surface area contributed by atoms with E-state index in [2.05, 4.69) is 10.1 Å². The second kappa shape index (κ2) is 8.39. The maximum absolute atomic E-state index is 12.2. The zero-order chi connectivity index (χ0) is 18.4. The minimum Gasteiger partial charge on any atom is -0.493 e. The Bertz CT molecular complexity index is 761. The maximum atomic E-state index is 12.2. The van der Waals surface area contributed by atoms with E-state index in [1.807, 2.05) is 0 Å². The third kappa shape index (κ3) is 4.87. The summed E-state index contributed by atoms with van der Waals surface area (Å²) in [5, 5.41) is 3.31. The third-order valence-corrected chi connectivity index (χ3v) is 3.62. The normalized spacial score (nSPS) is 11.4. The van der Waals surface area contributed by atoms with Crippen LogP contribution in [0, 0.1) is 0 Å². The zero-order valence-corrected chi connectivity index (χ0v) is 14.8. The van der Waals surface area contributed by atoms with Crippen molar-refractivity contribution in [2.75, 3.05) is 19.5 Å². The average molecular weight is 364 g/mol. The smallest absolute Gasteiger partial charge is 0.337 e. The minimum absolute atomic E-state index is 0.324. The van der Waals surface area contributed by atoms with E-state index in [1.165, 1.54) is 26.4 Å². The van der Waals surface area contributed by atoms with Crippen LogP contribution in [0.2, 0.25) is 5.02 Å². The van der Waals surface area contributed by atoms with E-state index in [0.717, 1.165) is 0 Å². The van der Waals surface area contributed by atoms with Crippen LogP contribution in [0.15, 0.2) is 42.5 Å². The lowest BCUT2D eigenvalue weighted by Gasteiger charge is -2.17. The van der Waals surface area contributed by atoms with Crippen LogP contribution < -0.4 is 14.8 Å². The Morgan fingerprint density at radius 1 is 1.04 bits per heavy atom. The lowest BCUT2D eigenvalue weighted by molar-refractivity contribution is -0.122. The van der Waals surface area contributed by atoms with Gasteiger partial charge in [-0.1, -0.05) is 11.6 Å². The number of ether oxygens (including phenoxy) is 3. The molecule has 1 N–H and O–H groups in total. The minimum atomic E-state index is -0.784. The second-order valence-corrected chi connectivity index (χ2v) is 5.55. The fraction of sp³-hybridized carbons (Fsp3) is 0.222. The Labute approximate surface area is 150 Å². The van der Waals surface area contributed by atoms with Gasteiger partial charge in [0, 0.05) is 10.7 Å². The first-order chi connectivity index (χ1) is 11.9. The molecule has 2 rings (SSSR count). The Hall–Kier alpha value is -2.73. The van der Waals surface area contributed by atoms with Gasteiger partial charge in [0.2, 0.25) is 0 Å². The molecule has 2 aromatic rings. The van der Waals surface area contributed by atoms with Crippen molar-refractivity contribution in [3.8, 4) is 11.5 Å². The molecule has 0 aromatic heterocycles. The number of carbonyl (C=O) groups is 2. The molecule has 0 saturated heterocycles. The number of benzene rings is 2. The molecule has 2 aromatic carbocycles. The first-order valence-electron chi connectivity index (χ1n) is 7.44. The van der Waals surface area contributed by atoms with Crippen molar-refractivity contribution in [3.63, 3.8) is 0 Å². The van der Waals surface area contributed by atoms with Crippen molar-refractivity contribution in [2.24, 2.45) is 0 Å². The fourth-order valence-electron chi connectivity index (χ4n) is 2.03. The van der Waals surface area contributed by atoms with E-state index in [9.17, 15) is 9.59 Å². The van der Waals surface area contributed by atoms with E-state index in [4.69, 9.17) is 21.1 Å². The summed E-state index contributed by atoms with van der Waals surface area (Å²) >= 11 is 5.81. The molecule has 0 saturated carbocycles. The number of nitrogens with one attached hydrogen (secondary N) is 1. The quantitative estimate of drug-likeness (QED) is 0.794. The lowest BCUT2D eigenvalue weighted by Crippen LogP contribution is -2.30. The molecule has 1 atom stereocenters. The number of hydrogen-bond donors (Lipinski definition) is 1. The molecule has 0 spiro atoms. The largest absolute Gasteiger partial charge is 0.493 e. The van der Waals surface area contributed by atoms with Crippen molar-refractivity contribution >= 4 is 29.2 Å². The van der Waals surface area contributed by atoms with Crippen molar-refractivity contribution in [1.82, 2.24) is 0 Å². The summed E-state index contributed by atoms with van der Waals surface area (Å²) in [6, 6.07) is 11.3. The van der Waals surface area contributed by atoms with Crippen LogP contribution in [0.1, 0.15) is 17.3 Å². The molecule has 0 aliphatic carbocycles. The number of amides is 1. The number of carbonyl (C=O) groups excluding carboxylic acids is 2. The summed E-state index contributed by atoms with van der Waals surface area (Å²) in [4.78, 5) is 23.8. The molecule has 25 heavy (non-hydrogen) atoms. The molecular weight excluding hydrogens is 346 g/mol. The molecule has 0 fully saturated rings. The molecule has 132 valence electrons. The number of anilines is 1. The van der Waals surface area contributed by atoms with Gasteiger partial charge in [0.25, 0.3) is 5.91 Å². The third-order valence-electron chi connectivity index (χ3n) is 3.37. The molecule has 0 aliphatic heterocycles. The van der Waals surface area contributed by atoms with Gasteiger partial charge in [0.05, 0.1) is 19.8 Å². The van der Waals surface area contributed by atoms with E-state index in [1.54, 1.807) is 37.3 Å². The lowest BCUT2D eigenvalue weighted by atomic mass is 10.2. The van der Waals surface area contributed by atoms with Crippen LogP contribution in [0.4, 0.5) is 5.69 Å². The Morgan fingerprint density at radius 2 is 1.72 bits per heavy atom. The van der Waals surface area contributed by atoms with Crippen LogP contribution in [0.5, 0.6) is 11.5 Å². The van der Waals surface area contributed by atoms with Gasteiger partial charge in [-0.25, -0.2) is 4.79 Å². The number of esters is 1. The molecule has 1 amide bonds. The van der Waals surface area contributed by atoms with Crippen molar-refractivity contribution in [2.45, 2.75) is 13.0 Å². The van der Waals surface area contributed by atoms with Gasteiger partial charge in [-0.15, -0.1) is 0 Å². The highest BCUT2D eigenvalue weighted by Gasteiger charge is 2.18. The van der Waals surface area contributed by atoms with Crippen LogP contribution in [-0.2, 0) is 9.53 Å². The number of rotatable bonds is 6. The first-order valence-corrected chi connectivity index (χ1v) is 7.82. The maximum Gasteiger partial charge on any atom is 0.337 e. The molecule has 0 unspecified atom stereocenters. The first kappa shape index (κ1) is 18.6. The highest BCUT2D eigenvalue weighted by Crippen LogP contribution is 2.29. The summed E-state index contributed by atoms with van der Waals surface area (Å²) in [6.45, 7) is 1.61. The molecule has 0 radical (unpaired) electrons. The van der Waals surface area contributed by atoms with E-state index >= 15 is 0 Å². The fourth-order valence-corrected chi connectivity index (χ4v) is 2.16. The Morgan fingerprint density at radius 3 is 2.32 bits per heavy atom. The van der Waals surface area contributed by atoms with Gasteiger partial charge in [-0.05, 0) is 49.4 Å². The predicted molar refractivity (Wildman–Crippen MR) is 94.5 cm³/mol. The van der Waals surface area contributed by atoms with Gasteiger partial charge < -0.3 is 19.5 Å². The Kier molecular flexibility index (Phi) is 6.25. The summed E-state index contributed by atoms with van der Waals surface area (Å²) in [5.41, 5.74) is 0.933. The van der Waals surface area contributed by atoms with Gasteiger partial charge >= 0.3 is 5.97 Å². The standard InChI is InChI=1S/C18H18ClNO5/c1-11(17(21)20-14-7-5-13(19)6-8-14)25-15-9-4-12(18(22)24-3)10-16(15)23-2/h4-11H,1-3H3,(H,20,21)/t11-/m1/s1. The molecule has 0 heterocycles. The summed E-state index contributed by atoms with van der Waals surface area (Å²) in [5.74, 6) is -0.150. The average Bonchev–Trinajstić information content (AvgIpc) is 2.63. The number of halogens is 1. The number of methoxy groups -OCH3 is 2. The molecule has 7 heteroatoms. The zero-order valence-electron chi connectivity index (χ0n) is 14.0. The van der Waals surface area contributed by atoms with Gasteiger partial charge in [-0.3, -0.25) is 4.79 Å². The molecular formula is C18H18ClNO5. The van der Waals surface area contributed by atoms with Crippen molar-refractivity contribution in [1.29, 1.82) is 0 Å². The van der Waals surface area contributed by atoms with Crippen molar-refractivity contribution in [3.05, 3.63) is 53.1 Å². The van der Waals surface area contributed by atoms with E-state index < -0.39 is 12.1 Å². The SMILES string of the molecule is COC(=O)c1ccc(O[C@H](C)C(=O)Nc2ccc(Cl)cc2)c(OC)c1. The van der Waals surface area contributed by atoms with Gasteiger partial charge in [0.1, 0.15) is 0 Å². The molecule has 0 bridgehead atoms. The van der Waals surface area contributed by atoms with Crippen LogP contribution in [0.25, 0.3) is 0 Å². The van der Waals surface area contributed by atoms with Gasteiger partial charge in [0.15, 0.2) is 17.6 Å². The highest BCUT2D eigenvalue weighted by molar-refractivity contribution is 6.30. The second-order valence-electron chi connectivity index (χ2n) is 5.11. The monoisotopic (exact) mass is 363 g/mol. The Balaban J connectivity index is 2.08. The summed E-state index contributed by atoms with van der Waals surface area (Å²) in [7, 11) is 2.74. The number of hydrogen-bond acceptors (Lipinski definition) is 5.